The first-order chi connectivity index (χ1) is 10.8. The van der Waals surface area contributed by atoms with Gasteiger partial charge in [-0.3, -0.25) is 0 Å². The van der Waals surface area contributed by atoms with Crippen molar-refractivity contribution in [3.63, 3.8) is 0 Å². The summed E-state index contributed by atoms with van der Waals surface area (Å²) in [7, 11) is 0. The van der Waals surface area contributed by atoms with E-state index in [1.54, 1.807) is 24.3 Å². The Hall–Kier alpha value is -1.61. The second-order valence-electron chi connectivity index (χ2n) is 6.97. The molecule has 5 heteroatoms. The summed E-state index contributed by atoms with van der Waals surface area (Å²) in [5.41, 5.74) is 0.710. The third-order valence-electron chi connectivity index (χ3n) is 3.23. The fourth-order valence-corrected chi connectivity index (χ4v) is 2.37. The standard InChI is InChI=1S/C18H28N2O3/c1-18(2,3)14-20(9-4-10-21)12-16(22)13-23-17-7-5-15(11-19)6-8-17/h5-8,16,21-22H,4,9-10,12-14H2,1-3H3. The maximum atomic E-state index is 10.2. The van der Waals surface area contributed by atoms with E-state index in [-0.39, 0.29) is 18.6 Å². The van der Waals surface area contributed by atoms with Crippen molar-refractivity contribution in [2.45, 2.75) is 33.3 Å². The number of nitriles is 1. The summed E-state index contributed by atoms with van der Waals surface area (Å²) >= 11 is 0. The van der Waals surface area contributed by atoms with E-state index in [2.05, 4.69) is 31.7 Å². The third-order valence-corrected chi connectivity index (χ3v) is 3.23. The van der Waals surface area contributed by atoms with Crippen LogP contribution in [0.25, 0.3) is 0 Å². The van der Waals surface area contributed by atoms with Crippen molar-refractivity contribution in [1.29, 1.82) is 5.26 Å². The van der Waals surface area contributed by atoms with Crippen LogP contribution in [0, 0.1) is 16.7 Å². The number of aliphatic hydroxyl groups is 2. The average Bonchev–Trinajstić information content (AvgIpc) is 2.49. The first-order valence-electron chi connectivity index (χ1n) is 7.98. The number of hydrogen-bond acceptors (Lipinski definition) is 5. The van der Waals surface area contributed by atoms with Gasteiger partial charge in [-0.05, 0) is 36.1 Å². The van der Waals surface area contributed by atoms with Crippen molar-refractivity contribution in [3.8, 4) is 11.8 Å². The largest absolute Gasteiger partial charge is 0.491 e. The molecule has 1 atom stereocenters. The van der Waals surface area contributed by atoms with Crippen LogP contribution in [0.5, 0.6) is 5.75 Å². The smallest absolute Gasteiger partial charge is 0.119 e. The second kappa shape index (κ2) is 9.51. The number of aliphatic hydroxyl groups excluding tert-OH is 2. The maximum Gasteiger partial charge on any atom is 0.119 e. The van der Waals surface area contributed by atoms with Crippen LogP contribution in [0.4, 0.5) is 0 Å². The molecule has 23 heavy (non-hydrogen) atoms. The first-order valence-corrected chi connectivity index (χ1v) is 7.98. The minimum atomic E-state index is -0.605. The summed E-state index contributed by atoms with van der Waals surface area (Å²) in [6, 6.07) is 8.89. The van der Waals surface area contributed by atoms with Gasteiger partial charge in [-0.2, -0.15) is 5.26 Å². The van der Waals surface area contributed by atoms with Crippen LogP contribution in [0.15, 0.2) is 24.3 Å². The number of ether oxygens (including phenoxy) is 1. The molecule has 2 N–H and O–H groups in total. The van der Waals surface area contributed by atoms with Crippen molar-refractivity contribution >= 4 is 0 Å². The van der Waals surface area contributed by atoms with E-state index in [1.165, 1.54) is 0 Å². The number of hydrogen-bond donors (Lipinski definition) is 2. The summed E-state index contributed by atoms with van der Waals surface area (Å²) in [6.45, 7) is 8.91. The molecule has 0 aliphatic rings. The van der Waals surface area contributed by atoms with E-state index < -0.39 is 6.10 Å². The van der Waals surface area contributed by atoms with Gasteiger partial charge in [0, 0.05) is 26.2 Å². The summed E-state index contributed by atoms with van der Waals surface area (Å²) in [5.74, 6) is 0.640. The number of nitrogens with zero attached hydrogens (tertiary/aromatic N) is 2. The lowest BCUT2D eigenvalue weighted by Gasteiger charge is -2.31. The highest BCUT2D eigenvalue weighted by Gasteiger charge is 2.19. The Kier molecular flexibility index (Phi) is 8.04. The molecule has 0 saturated carbocycles. The molecule has 0 amide bonds. The number of benzene rings is 1. The molecule has 1 unspecified atom stereocenters. The zero-order chi connectivity index (χ0) is 17.3. The summed E-state index contributed by atoms with van der Waals surface area (Å²) in [4.78, 5) is 2.16. The SMILES string of the molecule is CC(C)(C)CN(CCCO)CC(O)COc1ccc(C#N)cc1. The highest BCUT2D eigenvalue weighted by molar-refractivity contribution is 5.34. The summed E-state index contributed by atoms with van der Waals surface area (Å²) < 4.78 is 5.57. The van der Waals surface area contributed by atoms with Gasteiger partial charge in [-0.25, -0.2) is 0 Å². The van der Waals surface area contributed by atoms with Crippen LogP contribution < -0.4 is 4.74 Å². The predicted octanol–water partition coefficient (Wildman–Crippen LogP) is 2.03. The summed E-state index contributed by atoms with van der Waals surface area (Å²) in [6.07, 6.45) is 0.0888. The summed E-state index contributed by atoms with van der Waals surface area (Å²) in [5, 5.41) is 28.0. The molecule has 0 radical (unpaired) electrons. The highest BCUT2D eigenvalue weighted by atomic mass is 16.5. The lowest BCUT2D eigenvalue weighted by Crippen LogP contribution is -2.40. The molecule has 0 saturated heterocycles. The van der Waals surface area contributed by atoms with E-state index in [0.29, 0.717) is 24.3 Å². The fourth-order valence-electron chi connectivity index (χ4n) is 2.37. The third kappa shape index (κ3) is 8.56. The van der Waals surface area contributed by atoms with E-state index in [4.69, 9.17) is 15.1 Å². The van der Waals surface area contributed by atoms with Gasteiger partial charge in [0.05, 0.1) is 11.6 Å². The van der Waals surface area contributed by atoms with E-state index in [0.717, 1.165) is 13.1 Å². The highest BCUT2D eigenvalue weighted by Crippen LogP contribution is 2.16. The Morgan fingerprint density at radius 3 is 2.43 bits per heavy atom. The monoisotopic (exact) mass is 320 g/mol. The molecule has 0 spiro atoms. The second-order valence-corrected chi connectivity index (χ2v) is 6.97. The van der Waals surface area contributed by atoms with Crippen LogP contribution in [-0.2, 0) is 0 Å². The molecule has 0 fully saturated rings. The van der Waals surface area contributed by atoms with Gasteiger partial charge < -0.3 is 19.8 Å². The Morgan fingerprint density at radius 1 is 1.26 bits per heavy atom. The van der Waals surface area contributed by atoms with Crippen molar-refractivity contribution < 1.29 is 14.9 Å². The lowest BCUT2D eigenvalue weighted by atomic mass is 9.96. The molecule has 5 nitrogen and oxygen atoms in total. The van der Waals surface area contributed by atoms with Crippen molar-refractivity contribution in [3.05, 3.63) is 29.8 Å². The molecule has 0 aliphatic carbocycles. The minimum absolute atomic E-state index is 0.128. The van der Waals surface area contributed by atoms with Crippen molar-refractivity contribution in [2.75, 3.05) is 32.8 Å². The van der Waals surface area contributed by atoms with Crippen LogP contribution >= 0.6 is 0 Å². The molecule has 128 valence electrons. The Bertz CT molecular complexity index is 488. The van der Waals surface area contributed by atoms with Gasteiger partial charge in [0.15, 0.2) is 0 Å². The van der Waals surface area contributed by atoms with Gasteiger partial charge >= 0.3 is 0 Å². The van der Waals surface area contributed by atoms with E-state index >= 15 is 0 Å². The number of rotatable bonds is 9. The van der Waals surface area contributed by atoms with Gasteiger partial charge in [0.25, 0.3) is 0 Å². The first kappa shape index (κ1) is 19.4. The molecule has 1 aromatic carbocycles. The Morgan fingerprint density at radius 2 is 1.91 bits per heavy atom. The van der Waals surface area contributed by atoms with Crippen LogP contribution in [0.2, 0.25) is 0 Å². The zero-order valence-electron chi connectivity index (χ0n) is 14.3. The Balaban J connectivity index is 2.47. The quantitative estimate of drug-likeness (QED) is 0.728. The average molecular weight is 320 g/mol. The molecular formula is C18H28N2O3. The van der Waals surface area contributed by atoms with Gasteiger partial charge in [-0.15, -0.1) is 0 Å². The molecule has 0 bridgehead atoms. The van der Waals surface area contributed by atoms with E-state index in [9.17, 15) is 5.11 Å². The van der Waals surface area contributed by atoms with Crippen LogP contribution in [-0.4, -0.2) is 54.1 Å². The molecule has 1 aromatic rings. The van der Waals surface area contributed by atoms with Gasteiger partial charge in [-0.1, -0.05) is 20.8 Å². The van der Waals surface area contributed by atoms with Crippen molar-refractivity contribution in [2.24, 2.45) is 5.41 Å². The molecule has 0 aromatic heterocycles. The van der Waals surface area contributed by atoms with Crippen LogP contribution in [0.3, 0.4) is 0 Å². The van der Waals surface area contributed by atoms with Crippen molar-refractivity contribution in [1.82, 2.24) is 4.90 Å². The maximum absolute atomic E-state index is 10.2. The molecule has 0 aliphatic heterocycles. The van der Waals surface area contributed by atoms with Gasteiger partial charge in [0.2, 0.25) is 0 Å². The fraction of sp³-hybridized carbons (Fsp3) is 0.611. The predicted molar refractivity (Wildman–Crippen MR) is 90.3 cm³/mol. The Labute approximate surface area is 139 Å². The van der Waals surface area contributed by atoms with E-state index in [1.807, 2.05) is 0 Å². The normalized spacial score (nSPS) is 12.9. The topological polar surface area (TPSA) is 76.7 Å². The minimum Gasteiger partial charge on any atom is -0.491 e. The molecule has 1 rings (SSSR count). The molecular weight excluding hydrogens is 292 g/mol. The zero-order valence-corrected chi connectivity index (χ0v) is 14.3. The lowest BCUT2D eigenvalue weighted by molar-refractivity contribution is 0.0539. The van der Waals surface area contributed by atoms with Crippen LogP contribution in [0.1, 0.15) is 32.8 Å². The van der Waals surface area contributed by atoms with Gasteiger partial charge in [0.1, 0.15) is 18.5 Å². The molecule has 0 heterocycles.